The zero-order valence-corrected chi connectivity index (χ0v) is 13.9. The van der Waals surface area contributed by atoms with E-state index in [0.29, 0.717) is 12.5 Å². The second-order valence-electron chi connectivity index (χ2n) is 7.10. The molecule has 1 heterocycles. The van der Waals surface area contributed by atoms with E-state index >= 15 is 0 Å². The van der Waals surface area contributed by atoms with E-state index in [9.17, 15) is 4.79 Å². The van der Waals surface area contributed by atoms with Crippen molar-refractivity contribution in [3.63, 3.8) is 0 Å². The van der Waals surface area contributed by atoms with E-state index in [-0.39, 0.29) is 11.4 Å². The molecule has 0 aromatic heterocycles. The number of nitrogens with one attached hydrogen (secondary N) is 1. The van der Waals surface area contributed by atoms with Crippen LogP contribution < -0.4 is 5.32 Å². The standard InChI is InChI=1S/C18H27N3O/c1-14-5-4-6-15(11-14)18(7-8-18)19-17(22)12-16-13-20(2)9-10-21(16)3/h4-6,11,16H,7-10,12-13H2,1-3H3,(H,19,22). The van der Waals surface area contributed by atoms with Gasteiger partial charge in [-0.2, -0.15) is 0 Å². The van der Waals surface area contributed by atoms with Crippen LogP contribution in [0.4, 0.5) is 0 Å². The van der Waals surface area contributed by atoms with Crippen LogP contribution in [0.5, 0.6) is 0 Å². The second-order valence-corrected chi connectivity index (χ2v) is 7.10. The molecule has 4 nitrogen and oxygen atoms in total. The van der Waals surface area contributed by atoms with Gasteiger partial charge in [0.2, 0.25) is 5.91 Å². The Morgan fingerprint density at radius 1 is 1.32 bits per heavy atom. The summed E-state index contributed by atoms with van der Waals surface area (Å²) >= 11 is 0. The molecule has 0 spiro atoms. The molecule has 1 aromatic carbocycles. The normalized spacial score (nSPS) is 25.0. The third-order valence-electron chi connectivity index (χ3n) is 5.10. The number of hydrogen-bond acceptors (Lipinski definition) is 3. The topological polar surface area (TPSA) is 35.6 Å². The Labute approximate surface area is 133 Å². The fourth-order valence-corrected chi connectivity index (χ4v) is 3.41. The Balaban J connectivity index is 1.62. The minimum atomic E-state index is -0.0950. The summed E-state index contributed by atoms with van der Waals surface area (Å²) < 4.78 is 0. The molecule has 4 heteroatoms. The van der Waals surface area contributed by atoms with E-state index in [1.165, 1.54) is 11.1 Å². The minimum absolute atomic E-state index is 0.0950. The highest BCUT2D eigenvalue weighted by molar-refractivity contribution is 5.78. The molecule has 1 N–H and O–H groups in total. The monoisotopic (exact) mass is 301 g/mol. The van der Waals surface area contributed by atoms with Gasteiger partial charge in [0.25, 0.3) is 0 Å². The predicted molar refractivity (Wildman–Crippen MR) is 88.8 cm³/mol. The first-order chi connectivity index (χ1) is 10.5. The van der Waals surface area contributed by atoms with Crippen LogP contribution in [0, 0.1) is 6.92 Å². The van der Waals surface area contributed by atoms with Crippen molar-refractivity contribution in [1.82, 2.24) is 15.1 Å². The average molecular weight is 301 g/mol. The number of rotatable bonds is 4. The first-order valence-electron chi connectivity index (χ1n) is 8.25. The number of carbonyl (C=O) groups excluding carboxylic acids is 1. The summed E-state index contributed by atoms with van der Waals surface area (Å²) in [6.45, 7) is 5.20. The number of carbonyl (C=O) groups is 1. The lowest BCUT2D eigenvalue weighted by molar-refractivity contribution is -0.123. The summed E-state index contributed by atoms with van der Waals surface area (Å²) in [5.74, 6) is 0.186. The molecule has 2 aliphatic rings. The molecule has 1 aliphatic heterocycles. The molecule has 120 valence electrons. The number of piperazine rings is 1. The maximum Gasteiger partial charge on any atom is 0.222 e. The summed E-state index contributed by atoms with van der Waals surface area (Å²) in [5, 5.41) is 3.31. The average Bonchev–Trinajstić information content (AvgIpc) is 3.24. The zero-order chi connectivity index (χ0) is 15.7. The van der Waals surface area contributed by atoms with Crippen LogP contribution in [-0.2, 0) is 10.3 Å². The summed E-state index contributed by atoms with van der Waals surface area (Å²) in [4.78, 5) is 17.1. The van der Waals surface area contributed by atoms with Gasteiger partial charge >= 0.3 is 0 Å². The third kappa shape index (κ3) is 3.33. The summed E-state index contributed by atoms with van der Waals surface area (Å²) in [6, 6.07) is 8.86. The highest BCUT2D eigenvalue weighted by Gasteiger charge is 2.45. The van der Waals surface area contributed by atoms with Crippen LogP contribution in [0.1, 0.15) is 30.4 Å². The highest BCUT2D eigenvalue weighted by atomic mass is 16.1. The maximum absolute atomic E-state index is 12.5. The second kappa shape index (κ2) is 6.01. The largest absolute Gasteiger partial charge is 0.347 e. The van der Waals surface area contributed by atoms with Gasteiger partial charge < -0.3 is 15.1 Å². The SMILES string of the molecule is Cc1cccc(C2(NC(=O)CC3CN(C)CCN3C)CC2)c1. The lowest BCUT2D eigenvalue weighted by Gasteiger charge is -2.37. The molecule has 0 radical (unpaired) electrons. The Kier molecular flexibility index (Phi) is 4.24. The number of benzene rings is 1. The Hall–Kier alpha value is -1.39. The summed E-state index contributed by atoms with van der Waals surface area (Å²) in [5.41, 5.74) is 2.42. The minimum Gasteiger partial charge on any atom is -0.347 e. The van der Waals surface area contributed by atoms with Gasteiger partial charge in [-0.15, -0.1) is 0 Å². The van der Waals surface area contributed by atoms with Crippen LogP contribution in [0.15, 0.2) is 24.3 Å². The molecule has 1 amide bonds. The van der Waals surface area contributed by atoms with Crippen LogP contribution in [0.25, 0.3) is 0 Å². The van der Waals surface area contributed by atoms with Crippen LogP contribution in [0.3, 0.4) is 0 Å². The molecule has 3 rings (SSSR count). The van der Waals surface area contributed by atoms with Crippen molar-refractivity contribution in [3.05, 3.63) is 35.4 Å². The van der Waals surface area contributed by atoms with Crippen LogP contribution >= 0.6 is 0 Å². The molecule has 1 aliphatic carbocycles. The van der Waals surface area contributed by atoms with Crippen molar-refractivity contribution in [3.8, 4) is 0 Å². The number of likely N-dealkylation sites (N-methyl/N-ethyl adjacent to an activating group) is 2. The highest BCUT2D eigenvalue weighted by Crippen LogP contribution is 2.45. The molecule has 1 unspecified atom stereocenters. The quantitative estimate of drug-likeness (QED) is 0.920. The summed E-state index contributed by atoms with van der Waals surface area (Å²) in [7, 11) is 4.26. The first kappa shape index (κ1) is 15.5. The predicted octanol–water partition coefficient (Wildman–Crippen LogP) is 1.74. The first-order valence-corrected chi connectivity index (χ1v) is 8.25. The Bertz CT molecular complexity index is 553. The van der Waals surface area contributed by atoms with Crippen LogP contribution in [0.2, 0.25) is 0 Å². The lowest BCUT2D eigenvalue weighted by Crippen LogP contribution is -2.52. The smallest absolute Gasteiger partial charge is 0.222 e. The van der Waals surface area contributed by atoms with Gasteiger partial charge in [-0.05, 0) is 39.4 Å². The Morgan fingerprint density at radius 3 is 2.77 bits per heavy atom. The van der Waals surface area contributed by atoms with Crippen molar-refractivity contribution < 1.29 is 4.79 Å². The summed E-state index contributed by atoms with van der Waals surface area (Å²) in [6.07, 6.45) is 2.71. The van der Waals surface area contributed by atoms with E-state index in [1.54, 1.807) is 0 Å². The molecule has 1 aromatic rings. The van der Waals surface area contributed by atoms with Gasteiger partial charge in [0, 0.05) is 32.1 Å². The number of nitrogens with zero attached hydrogens (tertiary/aromatic N) is 2. The van der Waals surface area contributed by atoms with Crippen molar-refractivity contribution in [2.24, 2.45) is 0 Å². The molecular formula is C18H27N3O. The molecule has 1 atom stereocenters. The van der Waals surface area contributed by atoms with Crippen molar-refractivity contribution >= 4 is 5.91 Å². The lowest BCUT2D eigenvalue weighted by atomic mass is 10.0. The number of amides is 1. The molecule has 22 heavy (non-hydrogen) atoms. The zero-order valence-electron chi connectivity index (χ0n) is 13.9. The molecular weight excluding hydrogens is 274 g/mol. The van der Waals surface area contributed by atoms with Crippen molar-refractivity contribution in [1.29, 1.82) is 0 Å². The number of hydrogen-bond donors (Lipinski definition) is 1. The van der Waals surface area contributed by atoms with E-state index in [0.717, 1.165) is 32.5 Å². The maximum atomic E-state index is 12.5. The van der Waals surface area contributed by atoms with Gasteiger partial charge in [-0.25, -0.2) is 0 Å². The van der Waals surface area contributed by atoms with Gasteiger partial charge in [0.1, 0.15) is 0 Å². The number of aryl methyl sites for hydroxylation is 1. The van der Waals surface area contributed by atoms with E-state index < -0.39 is 0 Å². The molecule has 1 saturated heterocycles. The van der Waals surface area contributed by atoms with Gasteiger partial charge in [-0.1, -0.05) is 29.8 Å². The molecule has 1 saturated carbocycles. The van der Waals surface area contributed by atoms with Gasteiger partial charge in [-0.3, -0.25) is 4.79 Å². The van der Waals surface area contributed by atoms with Gasteiger partial charge in [0.15, 0.2) is 0 Å². The molecule has 2 fully saturated rings. The van der Waals surface area contributed by atoms with Crippen LogP contribution in [-0.4, -0.2) is 55.5 Å². The van der Waals surface area contributed by atoms with Crippen molar-refractivity contribution in [2.75, 3.05) is 33.7 Å². The third-order valence-corrected chi connectivity index (χ3v) is 5.10. The Morgan fingerprint density at radius 2 is 2.09 bits per heavy atom. The van der Waals surface area contributed by atoms with E-state index in [1.807, 2.05) is 0 Å². The van der Waals surface area contributed by atoms with E-state index in [4.69, 9.17) is 0 Å². The fraction of sp³-hybridized carbons (Fsp3) is 0.611. The molecule has 0 bridgehead atoms. The fourth-order valence-electron chi connectivity index (χ4n) is 3.41. The van der Waals surface area contributed by atoms with E-state index in [2.05, 4.69) is 60.4 Å². The van der Waals surface area contributed by atoms with Gasteiger partial charge in [0.05, 0.1) is 5.54 Å². The van der Waals surface area contributed by atoms with Crippen molar-refractivity contribution in [2.45, 2.75) is 37.8 Å².